The molecule has 0 aliphatic carbocycles. The summed E-state index contributed by atoms with van der Waals surface area (Å²) in [5.41, 5.74) is 1.04. The number of amides is 1. The van der Waals surface area contributed by atoms with Crippen LogP contribution >= 0.6 is 11.8 Å². The lowest BCUT2D eigenvalue weighted by Gasteiger charge is -2.38. The maximum absolute atomic E-state index is 14.1. The Morgan fingerprint density at radius 2 is 1.61 bits per heavy atom. The van der Waals surface area contributed by atoms with E-state index in [9.17, 15) is 18.0 Å². The van der Waals surface area contributed by atoms with Crippen molar-refractivity contribution in [3.8, 4) is 0 Å². The second kappa shape index (κ2) is 8.27. The first-order valence-corrected chi connectivity index (χ1v) is 10.6. The number of benzene rings is 3. The van der Waals surface area contributed by atoms with Crippen molar-refractivity contribution in [3.63, 3.8) is 0 Å². The molecule has 0 saturated carbocycles. The molecule has 0 N–H and O–H groups in total. The number of thioether (sulfide) groups is 1. The van der Waals surface area contributed by atoms with Gasteiger partial charge in [-0.2, -0.15) is 13.2 Å². The van der Waals surface area contributed by atoms with E-state index in [4.69, 9.17) is 0 Å². The third kappa shape index (κ3) is 4.00. The predicted molar refractivity (Wildman–Crippen MR) is 117 cm³/mol. The molecule has 0 saturated heterocycles. The van der Waals surface area contributed by atoms with E-state index in [-0.39, 0.29) is 18.0 Å². The van der Waals surface area contributed by atoms with Gasteiger partial charge < -0.3 is 4.90 Å². The molecule has 0 aromatic heterocycles. The number of carbonyl (C=O) groups is 1. The van der Waals surface area contributed by atoms with Gasteiger partial charge in [0.1, 0.15) is 0 Å². The molecular formula is C25H20F3NOS. The molecule has 4 rings (SSSR count). The van der Waals surface area contributed by atoms with Crippen LogP contribution in [0.5, 0.6) is 0 Å². The van der Waals surface area contributed by atoms with Crippen LogP contribution in [0.2, 0.25) is 0 Å². The highest BCUT2D eigenvalue weighted by molar-refractivity contribution is 8.00. The molecular weight excluding hydrogens is 419 g/mol. The van der Waals surface area contributed by atoms with Gasteiger partial charge in [-0.05, 0) is 34.9 Å². The topological polar surface area (TPSA) is 20.3 Å². The molecule has 0 radical (unpaired) electrons. The van der Waals surface area contributed by atoms with Crippen LogP contribution in [0.4, 0.5) is 13.2 Å². The molecule has 158 valence electrons. The summed E-state index contributed by atoms with van der Waals surface area (Å²) in [5.74, 6) is -0.318. The number of rotatable bonds is 3. The molecule has 1 amide bonds. The van der Waals surface area contributed by atoms with Crippen molar-refractivity contribution in [3.05, 3.63) is 114 Å². The lowest BCUT2D eigenvalue weighted by atomic mass is 9.86. The van der Waals surface area contributed by atoms with Crippen LogP contribution in [0.25, 0.3) is 0 Å². The van der Waals surface area contributed by atoms with Gasteiger partial charge in [0, 0.05) is 18.0 Å². The van der Waals surface area contributed by atoms with E-state index >= 15 is 0 Å². The lowest BCUT2D eigenvalue weighted by Crippen LogP contribution is -2.41. The minimum atomic E-state index is -4.53. The zero-order valence-corrected chi connectivity index (χ0v) is 17.4. The van der Waals surface area contributed by atoms with Gasteiger partial charge in [0.2, 0.25) is 5.91 Å². The van der Waals surface area contributed by atoms with Crippen molar-refractivity contribution in [1.82, 2.24) is 4.90 Å². The molecule has 1 aliphatic heterocycles. The van der Waals surface area contributed by atoms with E-state index in [1.807, 2.05) is 54.6 Å². The normalized spacial score (nSPS) is 18.7. The van der Waals surface area contributed by atoms with Crippen LogP contribution in [0.1, 0.15) is 22.3 Å². The number of nitrogens with zero attached hydrogens (tertiary/aromatic N) is 1. The highest BCUT2D eigenvalue weighted by Crippen LogP contribution is 2.53. The first-order valence-electron chi connectivity index (χ1n) is 9.75. The number of carbonyl (C=O) groups excluding carboxylic acids is 1. The zero-order valence-electron chi connectivity index (χ0n) is 16.6. The van der Waals surface area contributed by atoms with Crippen molar-refractivity contribution < 1.29 is 18.0 Å². The highest BCUT2D eigenvalue weighted by Gasteiger charge is 2.46. The lowest BCUT2D eigenvalue weighted by molar-refractivity contribution is -0.138. The van der Waals surface area contributed by atoms with E-state index in [0.717, 1.165) is 16.5 Å². The van der Waals surface area contributed by atoms with Crippen LogP contribution in [0, 0.1) is 0 Å². The Kier molecular flexibility index (Phi) is 5.67. The molecule has 2 nitrogen and oxygen atoms in total. The predicted octanol–water partition coefficient (Wildman–Crippen LogP) is 6.27. The number of hydrogen-bond donors (Lipinski definition) is 0. The van der Waals surface area contributed by atoms with Gasteiger partial charge in [-0.25, -0.2) is 0 Å². The van der Waals surface area contributed by atoms with Gasteiger partial charge in [-0.15, -0.1) is 11.8 Å². The average Bonchev–Trinajstić information content (AvgIpc) is 2.96. The first kappa shape index (κ1) is 21.2. The largest absolute Gasteiger partial charge is 0.416 e. The Morgan fingerprint density at radius 1 is 0.968 bits per heavy atom. The monoisotopic (exact) mass is 439 g/mol. The quantitative estimate of drug-likeness (QED) is 0.449. The van der Waals surface area contributed by atoms with Gasteiger partial charge >= 0.3 is 6.18 Å². The van der Waals surface area contributed by atoms with Gasteiger partial charge in [0.05, 0.1) is 10.3 Å². The average molecular weight is 440 g/mol. The Morgan fingerprint density at radius 3 is 2.32 bits per heavy atom. The Labute approximate surface area is 183 Å². The standard InChI is InChI=1S/C25H20F3NOS/c1-2-23(30)29-16-18-10-6-9-15-22(18)31-24(17-29,19-11-4-3-5-12-19)20-13-7-8-14-21(20)25(26,27)28/h2-15H,1,16-17H2. The van der Waals surface area contributed by atoms with E-state index in [1.54, 1.807) is 11.0 Å². The first-order chi connectivity index (χ1) is 14.8. The Hall–Kier alpha value is -2.99. The van der Waals surface area contributed by atoms with Crippen molar-refractivity contribution >= 4 is 17.7 Å². The fraction of sp³-hybridized carbons (Fsp3) is 0.160. The molecule has 3 aromatic rings. The van der Waals surface area contributed by atoms with Gasteiger partial charge in [0.25, 0.3) is 0 Å². The summed E-state index contributed by atoms with van der Waals surface area (Å²) in [6.07, 6.45) is -3.32. The number of hydrogen-bond acceptors (Lipinski definition) is 2. The molecule has 0 spiro atoms. The van der Waals surface area contributed by atoms with Crippen molar-refractivity contribution in [2.45, 2.75) is 22.4 Å². The van der Waals surface area contributed by atoms with Crippen LogP contribution in [-0.4, -0.2) is 17.4 Å². The Balaban J connectivity index is 2.04. The SMILES string of the molecule is C=CC(=O)N1Cc2ccccc2SC(c2ccccc2)(c2ccccc2C(F)(F)F)C1. The third-order valence-electron chi connectivity index (χ3n) is 5.43. The molecule has 0 bridgehead atoms. The summed E-state index contributed by atoms with van der Waals surface area (Å²) < 4.78 is 41.2. The second-order valence-electron chi connectivity index (χ2n) is 7.34. The molecule has 3 aromatic carbocycles. The molecule has 0 fully saturated rings. The van der Waals surface area contributed by atoms with Gasteiger partial charge in [0.15, 0.2) is 0 Å². The van der Waals surface area contributed by atoms with Crippen LogP contribution in [0.3, 0.4) is 0 Å². The zero-order chi connectivity index (χ0) is 22.1. The summed E-state index contributed by atoms with van der Waals surface area (Å²) in [6.45, 7) is 3.97. The van der Waals surface area contributed by atoms with Crippen molar-refractivity contribution in [1.29, 1.82) is 0 Å². The third-order valence-corrected chi connectivity index (χ3v) is 6.98. The molecule has 1 heterocycles. The van der Waals surface area contributed by atoms with Crippen LogP contribution in [-0.2, 0) is 22.3 Å². The van der Waals surface area contributed by atoms with E-state index < -0.39 is 16.5 Å². The van der Waals surface area contributed by atoms with Crippen LogP contribution in [0.15, 0.2) is 96.4 Å². The summed E-state index contributed by atoms with van der Waals surface area (Å²) in [6, 6.07) is 22.3. The van der Waals surface area contributed by atoms with Crippen molar-refractivity contribution in [2.75, 3.05) is 6.54 Å². The fourth-order valence-corrected chi connectivity index (χ4v) is 5.55. The molecule has 1 unspecified atom stereocenters. The van der Waals surface area contributed by atoms with E-state index in [1.165, 1.54) is 30.0 Å². The summed E-state index contributed by atoms with van der Waals surface area (Å²) in [5, 5.41) is 0. The molecule has 1 atom stereocenters. The molecule has 31 heavy (non-hydrogen) atoms. The second-order valence-corrected chi connectivity index (χ2v) is 8.69. The van der Waals surface area contributed by atoms with Gasteiger partial charge in [-0.1, -0.05) is 73.3 Å². The summed E-state index contributed by atoms with van der Waals surface area (Å²) >= 11 is 1.37. The smallest absolute Gasteiger partial charge is 0.333 e. The summed E-state index contributed by atoms with van der Waals surface area (Å²) in [4.78, 5) is 15.2. The number of alkyl halides is 3. The maximum Gasteiger partial charge on any atom is 0.416 e. The summed E-state index contributed by atoms with van der Waals surface area (Å²) in [7, 11) is 0. The highest BCUT2D eigenvalue weighted by atomic mass is 32.2. The fourth-order valence-electron chi connectivity index (χ4n) is 4.00. The minimum Gasteiger partial charge on any atom is -0.333 e. The Bertz CT molecular complexity index is 1110. The number of halogens is 3. The molecule has 6 heteroatoms. The van der Waals surface area contributed by atoms with E-state index in [2.05, 4.69) is 6.58 Å². The number of fused-ring (bicyclic) bond motifs is 1. The molecule has 1 aliphatic rings. The van der Waals surface area contributed by atoms with Gasteiger partial charge in [-0.3, -0.25) is 4.79 Å². The maximum atomic E-state index is 14.1. The van der Waals surface area contributed by atoms with Crippen LogP contribution < -0.4 is 0 Å². The minimum absolute atomic E-state index is 0.0777. The van der Waals surface area contributed by atoms with Crippen molar-refractivity contribution in [2.24, 2.45) is 0 Å². The van der Waals surface area contributed by atoms with E-state index in [0.29, 0.717) is 12.1 Å².